The summed E-state index contributed by atoms with van der Waals surface area (Å²) in [4.78, 5) is 4.66. The van der Waals surface area contributed by atoms with Gasteiger partial charge in [0.15, 0.2) is 0 Å². The Labute approximate surface area is 127 Å². The van der Waals surface area contributed by atoms with E-state index in [1.807, 2.05) is 48.7 Å². The Kier molecular flexibility index (Phi) is 3.88. The fourth-order valence-corrected chi connectivity index (χ4v) is 2.95. The zero-order valence-electron chi connectivity index (χ0n) is 11.6. The molecule has 106 valence electrons. The summed E-state index contributed by atoms with van der Waals surface area (Å²) in [7, 11) is 0. The van der Waals surface area contributed by atoms with E-state index in [2.05, 4.69) is 4.98 Å². The van der Waals surface area contributed by atoms with Gasteiger partial charge in [0.25, 0.3) is 0 Å². The number of aromatic hydroxyl groups is 1. The van der Waals surface area contributed by atoms with Gasteiger partial charge in [-0.05, 0) is 31.2 Å². The number of rotatable bonds is 4. The van der Waals surface area contributed by atoms with Crippen LogP contribution in [-0.4, -0.2) is 16.7 Å². The molecule has 0 radical (unpaired) electrons. The molecule has 1 N–H and O–H groups in total. The lowest BCUT2D eigenvalue weighted by Gasteiger charge is -2.07. The number of hydrogen-bond donors (Lipinski definition) is 1. The molecule has 0 atom stereocenters. The highest BCUT2D eigenvalue weighted by atomic mass is 32.1. The molecule has 3 aromatic rings. The van der Waals surface area contributed by atoms with Crippen LogP contribution in [0.4, 0.5) is 0 Å². The quantitative estimate of drug-likeness (QED) is 0.766. The first-order valence-electron chi connectivity index (χ1n) is 6.75. The molecule has 2 aromatic carbocycles. The molecule has 4 heteroatoms. The highest BCUT2D eigenvalue weighted by Gasteiger charge is 2.11. The van der Waals surface area contributed by atoms with Crippen molar-refractivity contribution < 1.29 is 9.84 Å². The third kappa shape index (κ3) is 2.90. The highest BCUT2D eigenvalue weighted by Crippen LogP contribution is 2.34. The molecule has 0 aliphatic rings. The van der Waals surface area contributed by atoms with Crippen LogP contribution < -0.4 is 4.74 Å². The van der Waals surface area contributed by atoms with E-state index in [-0.39, 0.29) is 5.75 Å². The lowest BCUT2D eigenvalue weighted by atomic mass is 10.1. The first kappa shape index (κ1) is 13.6. The average molecular weight is 297 g/mol. The van der Waals surface area contributed by atoms with Crippen LogP contribution in [0.15, 0.2) is 53.9 Å². The molecule has 0 fully saturated rings. The maximum Gasteiger partial charge on any atom is 0.128 e. The summed E-state index contributed by atoms with van der Waals surface area (Å²) in [5.74, 6) is 1.09. The fourth-order valence-electron chi connectivity index (χ4n) is 2.13. The van der Waals surface area contributed by atoms with Crippen molar-refractivity contribution in [1.82, 2.24) is 4.98 Å². The van der Waals surface area contributed by atoms with E-state index in [4.69, 9.17) is 4.74 Å². The standard InChI is InChI=1S/C17H15NO2S/c1-2-20-16-9-4-3-8-14(16)15-11-21-17(18-15)12-6-5-7-13(19)10-12/h3-11,19H,2H2,1H3. The Morgan fingerprint density at radius 1 is 1.14 bits per heavy atom. The first-order valence-corrected chi connectivity index (χ1v) is 7.63. The Balaban J connectivity index is 1.99. The van der Waals surface area contributed by atoms with Crippen molar-refractivity contribution >= 4 is 11.3 Å². The van der Waals surface area contributed by atoms with Gasteiger partial charge in [0.1, 0.15) is 16.5 Å². The predicted octanol–water partition coefficient (Wildman–Crippen LogP) is 4.58. The van der Waals surface area contributed by atoms with Crippen LogP contribution in [0, 0.1) is 0 Å². The van der Waals surface area contributed by atoms with Gasteiger partial charge in [-0.15, -0.1) is 11.3 Å². The molecule has 0 aliphatic heterocycles. The van der Waals surface area contributed by atoms with Crippen molar-refractivity contribution in [1.29, 1.82) is 0 Å². The molecule has 1 aromatic heterocycles. The fraction of sp³-hybridized carbons (Fsp3) is 0.118. The number of benzene rings is 2. The highest BCUT2D eigenvalue weighted by molar-refractivity contribution is 7.13. The van der Waals surface area contributed by atoms with E-state index in [9.17, 15) is 5.11 Å². The van der Waals surface area contributed by atoms with Crippen LogP contribution in [0.25, 0.3) is 21.8 Å². The number of thiazole rings is 1. The monoisotopic (exact) mass is 297 g/mol. The summed E-state index contributed by atoms with van der Waals surface area (Å²) >= 11 is 1.56. The zero-order chi connectivity index (χ0) is 14.7. The van der Waals surface area contributed by atoms with Crippen LogP contribution in [0.5, 0.6) is 11.5 Å². The molecule has 0 amide bonds. The molecule has 0 aliphatic carbocycles. The molecule has 21 heavy (non-hydrogen) atoms. The Bertz CT molecular complexity index is 752. The second kappa shape index (κ2) is 5.97. The SMILES string of the molecule is CCOc1ccccc1-c1csc(-c2cccc(O)c2)n1. The van der Waals surface area contributed by atoms with Crippen LogP contribution in [0.2, 0.25) is 0 Å². The predicted molar refractivity (Wildman–Crippen MR) is 85.8 cm³/mol. The second-order valence-corrected chi connectivity index (χ2v) is 5.38. The summed E-state index contributed by atoms with van der Waals surface area (Å²) in [6.45, 7) is 2.59. The van der Waals surface area contributed by atoms with Crippen molar-refractivity contribution in [2.45, 2.75) is 6.92 Å². The van der Waals surface area contributed by atoms with E-state index in [1.165, 1.54) is 0 Å². The third-order valence-corrected chi connectivity index (χ3v) is 3.95. The second-order valence-electron chi connectivity index (χ2n) is 4.52. The van der Waals surface area contributed by atoms with Crippen LogP contribution >= 0.6 is 11.3 Å². The summed E-state index contributed by atoms with van der Waals surface area (Å²) in [6, 6.07) is 15.0. The Morgan fingerprint density at radius 2 is 2.00 bits per heavy atom. The van der Waals surface area contributed by atoms with E-state index in [0.717, 1.165) is 27.6 Å². The van der Waals surface area contributed by atoms with Crippen molar-refractivity contribution in [2.24, 2.45) is 0 Å². The molecule has 1 heterocycles. The maximum atomic E-state index is 9.57. The molecular weight excluding hydrogens is 282 g/mol. The van der Waals surface area contributed by atoms with Gasteiger partial charge in [-0.2, -0.15) is 0 Å². The normalized spacial score (nSPS) is 10.5. The number of hydrogen-bond acceptors (Lipinski definition) is 4. The number of phenolic OH excluding ortho intramolecular Hbond substituents is 1. The van der Waals surface area contributed by atoms with Crippen LogP contribution in [0.1, 0.15) is 6.92 Å². The lowest BCUT2D eigenvalue weighted by molar-refractivity contribution is 0.341. The molecule has 0 unspecified atom stereocenters. The summed E-state index contributed by atoms with van der Waals surface area (Å²) in [5.41, 5.74) is 2.80. The summed E-state index contributed by atoms with van der Waals surface area (Å²) in [6.07, 6.45) is 0. The molecular formula is C17H15NO2S. The number of para-hydroxylation sites is 1. The van der Waals surface area contributed by atoms with Gasteiger partial charge < -0.3 is 9.84 Å². The Hall–Kier alpha value is -2.33. The minimum absolute atomic E-state index is 0.249. The maximum absolute atomic E-state index is 9.57. The van der Waals surface area contributed by atoms with Gasteiger partial charge in [0.2, 0.25) is 0 Å². The van der Waals surface area contributed by atoms with Gasteiger partial charge in [0, 0.05) is 16.5 Å². The van der Waals surface area contributed by atoms with E-state index < -0.39 is 0 Å². The topological polar surface area (TPSA) is 42.4 Å². The van der Waals surface area contributed by atoms with Crippen LogP contribution in [0.3, 0.4) is 0 Å². The first-order chi connectivity index (χ1) is 10.3. The largest absolute Gasteiger partial charge is 0.508 e. The molecule has 0 saturated heterocycles. The summed E-state index contributed by atoms with van der Waals surface area (Å²) < 4.78 is 5.65. The third-order valence-electron chi connectivity index (χ3n) is 3.06. The molecule has 0 bridgehead atoms. The molecule has 3 rings (SSSR count). The number of nitrogens with zero attached hydrogens (tertiary/aromatic N) is 1. The lowest BCUT2D eigenvalue weighted by Crippen LogP contribution is -1.93. The van der Waals surface area contributed by atoms with Gasteiger partial charge in [-0.3, -0.25) is 0 Å². The minimum Gasteiger partial charge on any atom is -0.508 e. The van der Waals surface area contributed by atoms with E-state index in [1.54, 1.807) is 23.5 Å². The average Bonchev–Trinajstić information content (AvgIpc) is 2.98. The summed E-state index contributed by atoms with van der Waals surface area (Å²) in [5, 5.41) is 12.5. The van der Waals surface area contributed by atoms with Gasteiger partial charge >= 0.3 is 0 Å². The van der Waals surface area contributed by atoms with Crippen molar-refractivity contribution in [3.8, 4) is 33.3 Å². The minimum atomic E-state index is 0.249. The number of phenols is 1. The smallest absolute Gasteiger partial charge is 0.128 e. The van der Waals surface area contributed by atoms with Crippen molar-refractivity contribution in [3.05, 3.63) is 53.9 Å². The zero-order valence-corrected chi connectivity index (χ0v) is 12.4. The molecule has 3 nitrogen and oxygen atoms in total. The molecule has 0 spiro atoms. The van der Waals surface area contributed by atoms with Crippen molar-refractivity contribution in [3.63, 3.8) is 0 Å². The van der Waals surface area contributed by atoms with Gasteiger partial charge in [0.05, 0.1) is 12.3 Å². The van der Waals surface area contributed by atoms with Gasteiger partial charge in [-0.25, -0.2) is 4.98 Å². The molecule has 0 saturated carbocycles. The van der Waals surface area contributed by atoms with Gasteiger partial charge in [-0.1, -0.05) is 24.3 Å². The van der Waals surface area contributed by atoms with E-state index >= 15 is 0 Å². The number of ether oxygens (including phenoxy) is 1. The Morgan fingerprint density at radius 3 is 2.81 bits per heavy atom. The van der Waals surface area contributed by atoms with E-state index in [0.29, 0.717) is 6.61 Å². The number of aromatic nitrogens is 1. The van der Waals surface area contributed by atoms with Crippen LogP contribution in [-0.2, 0) is 0 Å². The van der Waals surface area contributed by atoms with Crippen molar-refractivity contribution in [2.75, 3.05) is 6.61 Å².